The molecule has 170 valence electrons. The molecule has 3 aromatic rings. The van der Waals surface area contributed by atoms with Crippen LogP contribution in [0.2, 0.25) is 0 Å². The molecule has 2 aromatic carbocycles. The van der Waals surface area contributed by atoms with Crippen LogP contribution in [0.5, 0.6) is 5.75 Å². The summed E-state index contributed by atoms with van der Waals surface area (Å²) in [7, 11) is 0. The highest BCUT2D eigenvalue weighted by atomic mass is 16.5. The number of benzene rings is 2. The van der Waals surface area contributed by atoms with Gasteiger partial charge in [-0.2, -0.15) is 0 Å². The SMILES string of the molecule is O=C(COc1ccnc2c1CCCC2)N1CCN(C(c2ccccc2)c2ccccc2)CC1. The van der Waals surface area contributed by atoms with Crippen molar-refractivity contribution in [2.45, 2.75) is 31.7 Å². The van der Waals surface area contributed by atoms with Crippen molar-refractivity contribution >= 4 is 5.91 Å². The molecule has 33 heavy (non-hydrogen) atoms. The molecule has 1 aromatic heterocycles. The lowest BCUT2D eigenvalue weighted by atomic mass is 9.95. The van der Waals surface area contributed by atoms with Crippen LogP contribution in [0.15, 0.2) is 72.9 Å². The van der Waals surface area contributed by atoms with Gasteiger partial charge in [0.2, 0.25) is 0 Å². The zero-order valence-electron chi connectivity index (χ0n) is 19.0. The van der Waals surface area contributed by atoms with Crippen LogP contribution < -0.4 is 4.74 Å². The van der Waals surface area contributed by atoms with Crippen LogP contribution in [0, 0.1) is 0 Å². The van der Waals surface area contributed by atoms with Gasteiger partial charge in [0, 0.05) is 43.6 Å². The average molecular weight is 442 g/mol. The van der Waals surface area contributed by atoms with Gasteiger partial charge in [-0.1, -0.05) is 60.7 Å². The van der Waals surface area contributed by atoms with Gasteiger partial charge in [0.25, 0.3) is 5.91 Å². The Morgan fingerprint density at radius 1 is 0.848 bits per heavy atom. The first-order valence-corrected chi connectivity index (χ1v) is 12.0. The quantitative estimate of drug-likeness (QED) is 0.573. The molecule has 5 nitrogen and oxygen atoms in total. The Hall–Kier alpha value is -3.18. The van der Waals surface area contributed by atoms with Crippen molar-refractivity contribution in [3.8, 4) is 5.75 Å². The highest BCUT2D eigenvalue weighted by molar-refractivity contribution is 5.78. The fourth-order valence-electron chi connectivity index (χ4n) is 5.07. The molecule has 0 N–H and O–H groups in total. The van der Waals surface area contributed by atoms with Crippen LogP contribution in [-0.4, -0.2) is 53.5 Å². The number of carbonyl (C=O) groups excluding carboxylic acids is 1. The minimum Gasteiger partial charge on any atom is -0.483 e. The number of carbonyl (C=O) groups is 1. The van der Waals surface area contributed by atoms with Crippen LogP contribution in [-0.2, 0) is 17.6 Å². The number of pyridine rings is 1. The molecule has 2 aliphatic rings. The third-order valence-electron chi connectivity index (χ3n) is 6.81. The van der Waals surface area contributed by atoms with Gasteiger partial charge in [0.1, 0.15) is 5.75 Å². The van der Waals surface area contributed by atoms with E-state index >= 15 is 0 Å². The number of piperazine rings is 1. The summed E-state index contributed by atoms with van der Waals surface area (Å²) in [6.07, 6.45) is 6.14. The molecule has 0 atom stereocenters. The second-order valence-electron chi connectivity index (χ2n) is 8.87. The highest BCUT2D eigenvalue weighted by Crippen LogP contribution is 2.30. The topological polar surface area (TPSA) is 45.7 Å². The molecule has 1 fully saturated rings. The Bertz CT molecular complexity index is 1020. The Balaban J connectivity index is 1.22. The van der Waals surface area contributed by atoms with Gasteiger partial charge in [-0.3, -0.25) is 14.7 Å². The van der Waals surface area contributed by atoms with Gasteiger partial charge in [-0.05, 0) is 42.9 Å². The maximum absolute atomic E-state index is 12.9. The standard InChI is InChI=1S/C28H31N3O2/c32-27(21-33-26-15-16-29-25-14-8-7-13-24(25)26)30-17-19-31(20-18-30)28(22-9-3-1-4-10-22)23-11-5-2-6-12-23/h1-6,9-12,15-16,28H,7-8,13-14,17-21H2. The van der Waals surface area contributed by atoms with Crippen molar-refractivity contribution in [3.05, 3.63) is 95.3 Å². The van der Waals surface area contributed by atoms with Gasteiger partial charge in [0.05, 0.1) is 6.04 Å². The molecular formula is C28H31N3O2. The second kappa shape index (κ2) is 10.2. The van der Waals surface area contributed by atoms with Gasteiger partial charge >= 0.3 is 0 Å². The van der Waals surface area contributed by atoms with Crippen molar-refractivity contribution in [1.82, 2.24) is 14.8 Å². The summed E-state index contributed by atoms with van der Waals surface area (Å²) >= 11 is 0. The molecule has 0 unspecified atom stereocenters. The first kappa shape index (κ1) is 21.7. The zero-order valence-corrected chi connectivity index (χ0v) is 19.0. The molecule has 1 aliphatic carbocycles. The summed E-state index contributed by atoms with van der Waals surface area (Å²) in [4.78, 5) is 21.8. The van der Waals surface area contributed by atoms with Crippen LogP contribution in [0.3, 0.4) is 0 Å². The smallest absolute Gasteiger partial charge is 0.260 e. The molecule has 0 saturated carbocycles. The molecule has 5 rings (SSSR count). The minimum absolute atomic E-state index is 0.0620. The molecular weight excluding hydrogens is 410 g/mol. The van der Waals surface area contributed by atoms with Gasteiger partial charge < -0.3 is 9.64 Å². The maximum Gasteiger partial charge on any atom is 0.260 e. The lowest BCUT2D eigenvalue weighted by molar-refractivity contribution is -0.135. The lowest BCUT2D eigenvalue weighted by Gasteiger charge is -2.39. The van der Waals surface area contributed by atoms with Crippen LogP contribution >= 0.6 is 0 Å². The number of fused-ring (bicyclic) bond motifs is 1. The highest BCUT2D eigenvalue weighted by Gasteiger charge is 2.28. The largest absolute Gasteiger partial charge is 0.483 e. The number of rotatable bonds is 6. The Kier molecular flexibility index (Phi) is 6.68. The van der Waals surface area contributed by atoms with E-state index in [1.807, 2.05) is 11.0 Å². The first-order valence-electron chi connectivity index (χ1n) is 12.0. The Labute approximate surface area is 196 Å². The summed E-state index contributed by atoms with van der Waals surface area (Å²) in [5.41, 5.74) is 4.89. The molecule has 0 radical (unpaired) electrons. The predicted molar refractivity (Wildman–Crippen MR) is 129 cm³/mol. The molecule has 0 spiro atoms. The van der Waals surface area contributed by atoms with E-state index < -0.39 is 0 Å². The normalized spacial score (nSPS) is 16.5. The zero-order chi connectivity index (χ0) is 22.5. The minimum atomic E-state index is 0.0620. The van der Waals surface area contributed by atoms with E-state index in [9.17, 15) is 4.79 Å². The number of hydrogen-bond acceptors (Lipinski definition) is 4. The molecule has 1 amide bonds. The number of aromatic nitrogens is 1. The third-order valence-corrected chi connectivity index (χ3v) is 6.81. The van der Waals surface area contributed by atoms with Crippen LogP contribution in [0.1, 0.15) is 41.3 Å². The first-order chi connectivity index (χ1) is 16.3. The van der Waals surface area contributed by atoms with Crippen molar-refractivity contribution in [2.75, 3.05) is 32.8 Å². The van der Waals surface area contributed by atoms with Crippen LogP contribution in [0.25, 0.3) is 0 Å². The number of nitrogens with zero attached hydrogens (tertiary/aromatic N) is 3. The van der Waals surface area contributed by atoms with Gasteiger partial charge in [-0.25, -0.2) is 0 Å². The molecule has 0 bridgehead atoms. The predicted octanol–water partition coefficient (Wildman–Crippen LogP) is 4.27. The fourth-order valence-corrected chi connectivity index (χ4v) is 5.07. The maximum atomic E-state index is 12.9. The third kappa shape index (κ3) is 4.93. The summed E-state index contributed by atoms with van der Waals surface area (Å²) in [6.45, 7) is 3.20. The summed E-state index contributed by atoms with van der Waals surface area (Å²) in [5.74, 6) is 0.895. The van der Waals surface area contributed by atoms with E-state index in [0.717, 1.165) is 43.8 Å². The molecule has 1 saturated heterocycles. The van der Waals surface area contributed by atoms with Crippen molar-refractivity contribution in [1.29, 1.82) is 0 Å². The van der Waals surface area contributed by atoms with E-state index in [1.54, 1.807) is 6.20 Å². The van der Waals surface area contributed by atoms with E-state index in [1.165, 1.54) is 23.1 Å². The summed E-state index contributed by atoms with van der Waals surface area (Å²) in [6, 6.07) is 23.4. The summed E-state index contributed by atoms with van der Waals surface area (Å²) in [5, 5.41) is 0. The average Bonchev–Trinajstić information content (AvgIpc) is 2.89. The number of aryl methyl sites for hydroxylation is 1. The monoisotopic (exact) mass is 441 g/mol. The van der Waals surface area contributed by atoms with Gasteiger partial charge in [-0.15, -0.1) is 0 Å². The van der Waals surface area contributed by atoms with E-state index in [0.29, 0.717) is 13.1 Å². The number of ether oxygens (including phenoxy) is 1. The van der Waals surface area contributed by atoms with Gasteiger partial charge in [0.15, 0.2) is 6.61 Å². The number of amides is 1. The molecule has 5 heteroatoms. The second-order valence-corrected chi connectivity index (χ2v) is 8.87. The Morgan fingerprint density at radius 3 is 2.15 bits per heavy atom. The van der Waals surface area contributed by atoms with Crippen molar-refractivity contribution < 1.29 is 9.53 Å². The molecule has 2 heterocycles. The van der Waals surface area contributed by atoms with Crippen molar-refractivity contribution in [3.63, 3.8) is 0 Å². The molecule has 1 aliphatic heterocycles. The fraction of sp³-hybridized carbons (Fsp3) is 0.357. The number of hydrogen-bond donors (Lipinski definition) is 0. The van der Waals surface area contributed by atoms with Crippen molar-refractivity contribution in [2.24, 2.45) is 0 Å². The Morgan fingerprint density at radius 2 is 1.48 bits per heavy atom. The van der Waals surface area contributed by atoms with E-state index in [4.69, 9.17) is 4.74 Å². The summed E-state index contributed by atoms with van der Waals surface area (Å²) < 4.78 is 5.99. The van der Waals surface area contributed by atoms with E-state index in [2.05, 4.69) is 70.5 Å². The van der Waals surface area contributed by atoms with Crippen LogP contribution in [0.4, 0.5) is 0 Å². The lowest BCUT2D eigenvalue weighted by Crippen LogP contribution is -2.51. The van der Waals surface area contributed by atoms with E-state index in [-0.39, 0.29) is 18.6 Å².